The maximum atomic E-state index is 13.3. The van der Waals surface area contributed by atoms with E-state index in [0.29, 0.717) is 12.1 Å². The quantitative estimate of drug-likeness (QED) is 0.664. The van der Waals surface area contributed by atoms with Crippen LogP contribution in [0.4, 0.5) is 22.0 Å². The molecule has 0 bridgehead atoms. The fourth-order valence-electron chi connectivity index (χ4n) is 1.50. The monoisotopic (exact) mass is 244 g/mol. The molecule has 0 fully saturated rings. The molecule has 0 N–H and O–H groups in total. The largest absolute Gasteiger partial charge is 0.207 e. The van der Waals surface area contributed by atoms with Gasteiger partial charge in [0.1, 0.15) is 17.5 Å². The van der Waals surface area contributed by atoms with E-state index in [-0.39, 0.29) is 0 Å². The molecule has 0 amide bonds. The number of halogens is 5. The van der Waals surface area contributed by atoms with Crippen LogP contribution in [0.25, 0.3) is 11.1 Å². The first-order valence-corrected chi connectivity index (χ1v) is 4.59. The Balaban J connectivity index is 2.73. The van der Waals surface area contributed by atoms with Crippen LogP contribution in [0.5, 0.6) is 0 Å². The Hall–Kier alpha value is -1.91. The van der Waals surface area contributed by atoms with Gasteiger partial charge in [0.15, 0.2) is 11.6 Å². The molecule has 0 saturated carbocycles. The Morgan fingerprint density at radius 2 is 1.29 bits per heavy atom. The van der Waals surface area contributed by atoms with Gasteiger partial charge in [-0.1, -0.05) is 12.1 Å². The second-order valence-electron chi connectivity index (χ2n) is 3.35. The predicted octanol–water partition coefficient (Wildman–Crippen LogP) is 4.05. The summed E-state index contributed by atoms with van der Waals surface area (Å²) in [5.41, 5.74) is -1.37. The lowest BCUT2D eigenvalue weighted by Crippen LogP contribution is -1.96. The van der Waals surface area contributed by atoms with Crippen molar-refractivity contribution >= 4 is 0 Å². The van der Waals surface area contributed by atoms with Crippen molar-refractivity contribution in [2.45, 2.75) is 0 Å². The lowest BCUT2D eigenvalue weighted by molar-refractivity contribution is 0.507. The van der Waals surface area contributed by atoms with Crippen molar-refractivity contribution in [1.29, 1.82) is 0 Å². The number of rotatable bonds is 1. The van der Waals surface area contributed by atoms with Crippen LogP contribution in [0.2, 0.25) is 0 Å². The molecule has 0 radical (unpaired) electrons. The maximum Gasteiger partial charge on any atom is 0.166 e. The van der Waals surface area contributed by atoms with Gasteiger partial charge in [0.2, 0.25) is 0 Å². The van der Waals surface area contributed by atoms with E-state index >= 15 is 0 Å². The highest BCUT2D eigenvalue weighted by Gasteiger charge is 2.18. The van der Waals surface area contributed by atoms with Gasteiger partial charge in [-0.3, -0.25) is 0 Å². The molecule has 0 spiro atoms. The fourth-order valence-corrected chi connectivity index (χ4v) is 1.50. The SMILES string of the molecule is Fc1cc(F)c(-c2cccc(F)c2F)c(F)c1. The van der Waals surface area contributed by atoms with Crippen LogP contribution in [0.3, 0.4) is 0 Å². The van der Waals surface area contributed by atoms with Crippen molar-refractivity contribution in [1.82, 2.24) is 0 Å². The van der Waals surface area contributed by atoms with E-state index < -0.39 is 40.2 Å². The summed E-state index contributed by atoms with van der Waals surface area (Å²) in [7, 11) is 0. The summed E-state index contributed by atoms with van der Waals surface area (Å²) in [6, 6.07) is 3.75. The summed E-state index contributed by atoms with van der Waals surface area (Å²) < 4.78 is 65.6. The van der Waals surface area contributed by atoms with Crippen LogP contribution >= 0.6 is 0 Å². The zero-order chi connectivity index (χ0) is 12.6. The Morgan fingerprint density at radius 3 is 1.88 bits per heavy atom. The highest BCUT2D eigenvalue weighted by Crippen LogP contribution is 2.29. The van der Waals surface area contributed by atoms with E-state index in [1.54, 1.807) is 0 Å². The Bertz CT molecular complexity index is 554. The normalized spacial score (nSPS) is 10.6. The van der Waals surface area contributed by atoms with Crippen LogP contribution in [-0.4, -0.2) is 0 Å². The minimum absolute atomic E-state index is 0.406. The third-order valence-electron chi connectivity index (χ3n) is 2.23. The first-order valence-electron chi connectivity index (χ1n) is 4.59. The van der Waals surface area contributed by atoms with Crippen molar-refractivity contribution in [2.75, 3.05) is 0 Å². The van der Waals surface area contributed by atoms with Crippen molar-refractivity contribution in [2.24, 2.45) is 0 Å². The van der Waals surface area contributed by atoms with Crippen LogP contribution < -0.4 is 0 Å². The molecule has 0 aromatic heterocycles. The molecule has 0 atom stereocenters. The summed E-state index contributed by atoms with van der Waals surface area (Å²) in [6.45, 7) is 0. The van der Waals surface area contributed by atoms with E-state index in [1.165, 1.54) is 0 Å². The lowest BCUT2D eigenvalue weighted by atomic mass is 10.0. The highest BCUT2D eigenvalue weighted by atomic mass is 19.2. The third kappa shape index (κ3) is 2.00. The average Bonchev–Trinajstić information content (AvgIpc) is 2.23. The first-order chi connectivity index (χ1) is 8.00. The molecule has 2 rings (SSSR count). The topological polar surface area (TPSA) is 0 Å². The number of hydrogen-bond donors (Lipinski definition) is 0. The molecule has 0 nitrogen and oxygen atoms in total. The molecule has 0 saturated heterocycles. The summed E-state index contributed by atoms with van der Waals surface area (Å²) in [6.07, 6.45) is 0. The van der Waals surface area contributed by atoms with E-state index in [0.717, 1.165) is 18.2 Å². The Labute approximate surface area is 93.3 Å². The van der Waals surface area contributed by atoms with E-state index in [1.807, 2.05) is 0 Å². The van der Waals surface area contributed by atoms with Crippen LogP contribution in [0.15, 0.2) is 30.3 Å². The molecule has 88 valence electrons. The van der Waals surface area contributed by atoms with Gasteiger partial charge >= 0.3 is 0 Å². The van der Waals surface area contributed by atoms with E-state index in [2.05, 4.69) is 0 Å². The van der Waals surface area contributed by atoms with Gasteiger partial charge in [-0.15, -0.1) is 0 Å². The molecule has 5 heteroatoms. The van der Waals surface area contributed by atoms with Crippen LogP contribution in [0, 0.1) is 29.1 Å². The second kappa shape index (κ2) is 4.16. The van der Waals surface area contributed by atoms with Crippen molar-refractivity contribution < 1.29 is 22.0 Å². The third-order valence-corrected chi connectivity index (χ3v) is 2.23. The minimum atomic E-state index is -1.38. The van der Waals surface area contributed by atoms with E-state index in [9.17, 15) is 22.0 Å². The smallest absolute Gasteiger partial charge is 0.166 e. The standard InChI is InChI=1S/C12H5F5/c13-6-4-9(15)11(10(16)5-6)7-2-1-3-8(14)12(7)17/h1-5H. The van der Waals surface area contributed by atoms with E-state index in [4.69, 9.17) is 0 Å². The van der Waals surface area contributed by atoms with Gasteiger partial charge in [0, 0.05) is 17.7 Å². The Morgan fingerprint density at radius 1 is 0.706 bits per heavy atom. The Kier molecular flexibility index (Phi) is 2.83. The van der Waals surface area contributed by atoms with Crippen LogP contribution in [-0.2, 0) is 0 Å². The highest BCUT2D eigenvalue weighted by molar-refractivity contribution is 5.65. The molecule has 0 heterocycles. The predicted molar refractivity (Wildman–Crippen MR) is 51.7 cm³/mol. The van der Waals surface area contributed by atoms with Crippen molar-refractivity contribution in [3.63, 3.8) is 0 Å². The van der Waals surface area contributed by atoms with Gasteiger partial charge in [-0.05, 0) is 6.07 Å². The van der Waals surface area contributed by atoms with Gasteiger partial charge < -0.3 is 0 Å². The zero-order valence-corrected chi connectivity index (χ0v) is 8.28. The zero-order valence-electron chi connectivity index (χ0n) is 8.28. The lowest BCUT2D eigenvalue weighted by Gasteiger charge is -2.07. The molecule has 0 aliphatic heterocycles. The summed E-state index contributed by atoms with van der Waals surface area (Å²) in [5, 5.41) is 0. The number of benzene rings is 2. The molecule has 0 aliphatic carbocycles. The fraction of sp³-hybridized carbons (Fsp3) is 0. The summed E-state index contributed by atoms with van der Waals surface area (Å²) in [4.78, 5) is 0. The van der Waals surface area contributed by atoms with Crippen molar-refractivity contribution in [3.8, 4) is 11.1 Å². The summed E-state index contributed by atoms with van der Waals surface area (Å²) >= 11 is 0. The molecule has 2 aromatic rings. The molecule has 17 heavy (non-hydrogen) atoms. The maximum absolute atomic E-state index is 13.3. The molecular formula is C12H5F5. The first kappa shape index (κ1) is 11.6. The molecule has 0 aliphatic rings. The average molecular weight is 244 g/mol. The van der Waals surface area contributed by atoms with Crippen molar-refractivity contribution in [3.05, 3.63) is 59.4 Å². The molecule has 0 unspecified atom stereocenters. The molecule has 2 aromatic carbocycles. The van der Waals surface area contributed by atoms with Gasteiger partial charge in [0.25, 0.3) is 0 Å². The number of hydrogen-bond acceptors (Lipinski definition) is 0. The van der Waals surface area contributed by atoms with Gasteiger partial charge in [0.05, 0.1) is 5.56 Å². The summed E-state index contributed by atoms with van der Waals surface area (Å²) in [5.74, 6) is -6.30. The molecular weight excluding hydrogens is 239 g/mol. The van der Waals surface area contributed by atoms with Crippen LogP contribution in [0.1, 0.15) is 0 Å². The minimum Gasteiger partial charge on any atom is -0.207 e. The van der Waals surface area contributed by atoms with Gasteiger partial charge in [-0.2, -0.15) is 0 Å². The van der Waals surface area contributed by atoms with Gasteiger partial charge in [-0.25, -0.2) is 22.0 Å². The second-order valence-corrected chi connectivity index (χ2v) is 3.35.